The Morgan fingerprint density at radius 2 is 1.77 bits per heavy atom. The molecule has 0 saturated carbocycles. The minimum Gasteiger partial charge on any atom is -0.480 e. The maximum absolute atomic E-state index is 12.2. The van der Waals surface area contributed by atoms with Gasteiger partial charge < -0.3 is 10.4 Å². The maximum atomic E-state index is 12.2. The fraction of sp³-hybridized carbons (Fsp3) is 0.333. The maximum Gasteiger partial charge on any atom is 0.326 e. The molecule has 1 aromatic carbocycles. The number of rotatable bonds is 7. The third-order valence-electron chi connectivity index (χ3n) is 2.54. The van der Waals surface area contributed by atoms with E-state index in [1.165, 1.54) is 24.3 Å². The molecule has 1 rings (SSSR count). The molecular weight excluding hydrogens is 344 g/mol. The molecule has 1 amide bonds. The first-order valence-corrected chi connectivity index (χ1v) is 7.93. The Kier molecular flexibility index (Phi) is 6.24. The van der Waals surface area contributed by atoms with Gasteiger partial charge in [0.15, 0.2) is 9.84 Å². The van der Waals surface area contributed by atoms with Crippen LogP contribution in [0.2, 0.25) is 5.02 Å². The van der Waals surface area contributed by atoms with Gasteiger partial charge in [-0.25, -0.2) is 22.0 Å². The summed E-state index contributed by atoms with van der Waals surface area (Å²) in [5.74, 6) is -3.90. The van der Waals surface area contributed by atoms with Crippen LogP contribution < -0.4 is 5.32 Å². The number of carbonyl (C=O) groups excluding carboxylic acids is 1. The van der Waals surface area contributed by atoms with Crippen molar-refractivity contribution in [3.8, 4) is 0 Å². The number of nitrogens with one attached hydrogen (secondary N) is 1. The third kappa shape index (κ3) is 5.57. The molecule has 22 heavy (non-hydrogen) atoms. The van der Waals surface area contributed by atoms with E-state index >= 15 is 0 Å². The van der Waals surface area contributed by atoms with Crippen LogP contribution in [-0.4, -0.2) is 43.6 Å². The van der Waals surface area contributed by atoms with Crippen molar-refractivity contribution in [3.05, 3.63) is 29.3 Å². The number of aliphatic carboxylic acids is 1. The topological polar surface area (TPSA) is 101 Å². The highest BCUT2D eigenvalue weighted by molar-refractivity contribution is 7.92. The lowest BCUT2D eigenvalue weighted by Crippen LogP contribution is -2.44. The monoisotopic (exact) mass is 355 g/mol. The predicted octanol–water partition coefficient (Wildman–Crippen LogP) is 1.34. The van der Waals surface area contributed by atoms with Gasteiger partial charge in [0.2, 0.25) is 12.3 Å². The van der Waals surface area contributed by atoms with Gasteiger partial charge in [-0.3, -0.25) is 4.79 Å². The average molecular weight is 356 g/mol. The molecule has 0 fully saturated rings. The summed E-state index contributed by atoms with van der Waals surface area (Å²) in [6, 6.07) is 3.12. The quantitative estimate of drug-likeness (QED) is 0.768. The van der Waals surface area contributed by atoms with Crippen molar-refractivity contribution in [3.63, 3.8) is 0 Å². The standard InChI is InChI=1S/C12H12ClF2NO5S/c13-7-1-3-8(4-2-7)22(20,21)6-11(17)16-9(12(18)19)5-10(14)15/h1-4,9-10H,5-6H2,(H,16,17)(H,18,19). The number of carboxylic acid groups (broad SMARTS) is 1. The zero-order valence-corrected chi connectivity index (χ0v) is 12.6. The zero-order valence-electron chi connectivity index (χ0n) is 11.0. The Bertz CT molecular complexity index is 648. The van der Waals surface area contributed by atoms with Gasteiger partial charge in [0.05, 0.1) is 4.90 Å². The summed E-state index contributed by atoms with van der Waals surface area (Å²) in [5.41, 5.74) is 0. The van der Waals surface area contributed by atoms with Gasteiger partial charge in [0.25, 0.3) is 0 Å². The van der Waals surface area contributed by atoms with Gasteiger partial charge in [0, 0.05) is 11.4 Å². The summed E-state index contributed by atoms with van der Waals surface area (Å²) < 4.78 is 48.2. The van der Waals surface area contributed by atoms with Gasteiger partial charge in [-0.1, -0.05) is 11.6 Å². The number of carbonyl (C=O) groups is 2. The Morgan fingerprint density at radius 1 is 1.23 bits per heavy atom. The summed E-state index contributed by atoms with van der Waals surface area (Å²) in [4.78, 5) is 22.1. The van der Waals surface area contributed by atoms with E-state index in [0.717, 1.165) is 0 Å². The first kappa shape index (κ1) is 18.3. The van der Waals surface area contributed by atoms with Crippen LogP contribution in [0.5, 0.6) is 0 Å². The lowest BCUT2D eigenvalue weighted by molar-refractivity contribution is -0.142. The predicted molar refractivity (Wildman–Crippen MR) is 73.7 cm³/mol. The Morgan fingerprint density at radius 3 is 2.23 bits per heavy atom. The van der Waals surface area contributed by atoms with E-state index in [1.807, 2.05) is 0 Å². The molecule has 0 saturated heterocycles. The van der Waals surface area contributed by atoms with Gasteiger partial charge in [-0.05, 0) is 24.3 Å². The number of carboxylic acids is 1. The minimum atomic E-state index is -4.03. The first-order chi connectivity index (χ1) is 10.1. The van der Waals surface area contributed by atoms with E-state index in [4.69, 9.17) is 16.7 Å². The summed E-state index contributed by atoms with van der Waals surface area (Å²) in [6.07, 6.45) is -4.06. The van der Waals surface area contributed by atoms with E-state index in [9.17, 15) is 26.8 Å². The number of amides is 1. The normalized spacial score (nSPS) is 12.9. The summed E-state index contributed by atoms with van der Waals surface area (Å²) in [6.45, 7) is 0. The molecule has 6 nitrogen and oxygen atoms in total. The highest BCUT2D eigenvalue weighted by Gasteiger charge is 2.27. The molecule has 0 heterocycles. The van der Waals surface area contributed by atoms with Crippen LogP contribution >= 0.6 is 11.6 Å². The average Bonchev–Trinajstić information content (AvgIpc) is 2.37. The lowest BCUT2D eigenvalue weighted by atomic mass is 10.2. The summed E-state index contributed by atoms with van der Waals surface area (Å²) in [5, 5.41) is 10.8. The van der Waals surface area contributed by atoms with Crippen LogP contribution in [0.4, 0.5) is 8.78 Å². The number of sulfone groups is 1. The number of halogens is 3. The summed E-state index contributed by atoms with van der Waals surface area (Å²) in [7, 11) is -4.03. The fourth-order valence-electron chi connectivity index (χ4n) is 1.53. The minimum absolute atomic E-state index is 0.187. The van der Waals surface area contributed by atoms with E-state index in [-0.39, 0.29) is 4.90 Å². The second-order valence-corrected chi connectivity index (χ2v) is 6.72. The molecule has 122 valence electrons. The Hall–Kier alpha value is -1.74. The summed E-state index contributed by atoms with van der Waals surface area (Å²) >= 11 is 5.61. The van der Waals surface area contributed by atoms with Crippen LogP contribution in [0, 0.1) is 0 Å². The molecule has 0 radical (unpaired) electrons. The number of benzene rings is 1. The second kappa shape index (κ2) is 7.50. The molecule has 1 aromatic rings. The molecular formula is C12H12ClF2NO5S. The third-order valence-corrected chi connectivity index (χ3v) is 4.43. The molecule has 0 aliphatic carbocycles. The van der Waals surface area contributed by atoms with E-state index in [1.54, 1.807) is 5.32 Å². The first-order valence-electron chi connectivity index (χ1n) is 5.90. The highest BCUT2D eigenvalue weighted by atomic mass is 35.5. The SMILES string of the molecule is O=C(CS(=O)(=O)c1ccc(Cl)cc1)NC(CC(F)F)C(=O)O. The lowest BCUT2D eigenvalue weighted by Gasteiger charge is -2.14. The molecule has 1 unspecified atom stereocenters. The van der Waals surface area contributed by atoms with Crippen molar-refractivity contribution in [1.29, 1.82) is 0 Å². The van der Waals surface area contributed by atoms with Crippen molar-refractivity contribution < 1.29 is 31.9 Å². The van der Waals surface area contributed by atoms with Crippen molar-refractivity contribution in [2.75, 3.05) is 5.75 Å². The number of alkyl halides is 2. The molecule has 1 atom stereocenters. The van der Waals surface area contributed by atoms with Gasteiger partial charge >= 0.3 is 5.97 Å². The molecule has 0 spiro atoms. The van der Waals surface area contributed by atoms with E-state index in [2.05, 4.69) is 0 Å². The van der Waals surface area contributed by atoms with Gasteiger partial charge in [0.1, 0.15) is 11.8 Å². The molecule has 0 bridgehead atoms. The smallest absolute Gasteiger partial charge is 0.326 e. The van der Waals surface area contributed by atoms with Crippen LogP contribution in [0.1, 0.15) is 6.42 Å². The van der Waals surface area contributed by atoms with Crippen molar-refractivity contribution in [1.82, 2.24) is 5.32 Å². The van der Waals surface area contributed by atoms with Crippen LogP contribution in [-0.2, 0) is 19.4 Å². The molecule has 0 aliphatic rings. The van der Waals surface area contributed by atoms with Crippen molar-refractivity contribution >= 4 is 33.3 Å². The molecule has 0 aliphatic heterocycles. The van der Waals surface area contributed by atoms with Gasteiger partial charge in [-0.15, -0.1) is 0 Å². The largest absolute Gasteiger partial charge is 0.480 e. The Balaban J connectivity index is 2.78. The molecule has 0 aromatic heterocycles. The molecule has 10 heteroatoms. The Labute approximate surface area is 130 Å². The number of hydrogen-bond donors (Lipinski definition) is 2. The van der Waals surface area contributed by atoms with Crippen LogP contribution in [0.15, 0.2) is 29.2 Å². The number of hydrogen-bond acceptors (Lipinski definition) is 4. The molecule has 2 N–H and O–H groups in total. The van der Waals surface area contributed by atoms with Crippen molar-refractivity contribution in [2.45, 2.75) is 23.8 Å². The zero-order chi connectivity index (χ0) is 16.9. The second-order valence-electron chi connectivity index (χ2n) is 4.30. The van der Waals surface area contributed by atoms with Crippen molar-refractivity contribution in [2.24, 2.45) is 0 Å². The van der Waals surface area contributed by atoms with E-state index < -0.39 is 46.4 Å². The van der Waals surface area contributed by atoms with E-state index in [0.29, 0.717) is 5.02 Å². The van der Waals surface area contributed by atoms with Gasteiger partial charge in [-0.2, -0.15) is 0 Å². The highest BCUT2D eigenvalue weighted by Crippen LogP contribution is 2.15. The fourth-order valence-corrected chi connectivity index (χ4v) is 2.81. The van der Waals surface area contributed by atoms with Crippen LogP contribution in [0.25, 0.3) is 0 Å². The van der Waals surface area contributed by atoms with Crippen LogP contribution in [0.3, 0.4) is 0 Å².